The molecule has 0 saturated heterocycles. The molecule has 0 radical (unpaired) electrons. The van der Waals surface area contributed by atoms with Gasteiger partial charge in [-0.2, -0.15) is 0 Å². The number of benzene rings is 1. The molecule has 1 aromatic rings. The first kappa shape index (κ1) is 12.4. The molecule has 1 heterocycles. The lowest BCUT2D eigenvalue weighted by Gasteiger charge is -2.21. The molecule has 1 aliphatic heterocycles. The molecular formula is C15H15NO2. The predicted molar refractivity (Wildman–Crippen MR) is 69.0 cm³/mol. The fourth-order valence-electron chi connectivity index (χ4n) is 1.91. The van der Waals surface area contributed by atoms with Gasteiger partial charge in [0, 0.05) is 12.0 Å². The zero-order chi connectivity index (χ0) is 13.3. The number of terminal acetylenes is 1. The summed E-state index contributed by atoms with van der Waals surface area (Å²) in [5.41, 5.74) is 0.664. The second-order valence-electron chi connectivity index (χ2n) is 5.09. The Morgan fingerprint density at radius 2 is 1.67 bits per heavy atom. The molecule has 3 heteroatoms. The monoisotopic (exact) mass is 241 g/mol. The maximum atomic E-state index is 12.1. The third kappa shape index (κ3) is 2.02. The van der Waals surface area contributed by atoms with Crippen molar-refractivity contribution in [2.75, 3.05) is 6.54 Å². The quantitative estimate of drug-likeness (QED) is 0.601. The Kier molecular flexibility index (Phi) is 2.96. The molecule has 0 atom stereocenters. The number of nitrogens with zero attached hydrogens (tertiary/aromatic N) is 1. The normalized spacial score (nSPS) is 14.6. The highest BCUT2D eigenvalue weighted by Gasteiger charge is 2.35. The zero-order valence-corrected chi connectivity index (χ0v) is 10.6. The lowest BCUT2D eigenvalue weighted by Crippen LogP contribution is -2.33. The molecule has 1 aliphatic rings. The van der Waals surface area contributed by atoms with Crippen LogP contribution in [0.25, 0.3) is 0 Å². The van der Waals surface area contributed by atoms with Gasteiger partial charge in [-0.05, 0) is 32.4 Å². The van der Waals surface area contributed by atoms with Gasteiger partial charge < -0.3 is 0 Å². The Labute approximate surface area is 107 Å². The molecular weight excluding hydrogens is 226 g/mol. The molecule has 2 amide bonds. The van der Waals surface area contributed by atoms with Gasteiger partial charge in [0.2, 0.25) is 0 Å². The Morgan fingerprint density at radius 3 is 2.11 bits per heavy atom. The predicted octanol–water partition coefficient (Wildman–Crippen LogP) is 2.33. The van der Waals surface area contributed by atoms with Crippen LogP contribution in [0.2, 0.25) is 0 Å². The topological polar surface area (TPSA) is 37.4 Å². The number of rotatable bonds is 3. The number of carbonyl (C=O) groups excluding carboxylic acids is 2. The van der Waals surface area contributed by atoms with Crippen LogP contribution in [-0.2, 0) is 0 Å². The summed E-state index contributed by atoms with van der Waals surface area (Å²) in [4.78, 5) is 25.4. The number of hydrogen-bond donors (Lipinski definition) is 0. The molecule has 0 aliphatic carbocycles. The Hall–Kier alpha value is -2.08. The summed E-state index contributed by atoms with van der Waals surface area (Å²) >= 11 is 0. The van der Waals surface area contributed by atoms with E-state index in [1.165, 1.54) is 4.90 Å². The van der Waals surface area contributed by atoms with E-state index in [4.69, 9.17) is 6.42 Å². The second-order valence-corrected chi connectivity index (χ2v) is 5.09. The Morgan fingerprint density at radius 1 is 1.17 bits per heavy atom. The first-order valence-corrected chi connectivity index (χ1v) is 5.89. The lowest BCUT2D eigenvalue weighted by atomic mass is 9.90. The van der Waals surface area contributed by atoms with Crippen molar-refractivity contribution >= 4 is 11.8 Å². The molecule has 0 saturated carbocycles. The summed E-state index contributed by atoms with van der Waals surface area (Å²) < 4.78 is 0. The van der Waals surface area contributed by atoms with Crippen molar-refractivity contribution in [2.45, 2.75) is 20.3 Å². The summed E-state index contributed by atoms with van der Waals surface area (Å²) in [7, 11) is 0. The first-order valence-electron chi connectivity index (χ1n) is 5.89. The van der Waals surface area contributed by atoms with E-state index < -0.39 is 0 Å². The number of imide groups is 1. The number of carbonyl (C=O) groups is 2. The van der Waals surface area contributed by atoms with Gasteiger partial charge in [-0.3, -0.25) is 14.5 Å². The van der Waals surface area contributed by atoms with Gasteiger partial charge in [0.1, 0.15) is 0 Å². The summed E-state index contributed by atoms with van der Waals surface area (Å²) in [6, 6.07) is 6.89. The van der Waals surface area contributed by atoms with Crippen molar-refractivity contribution in [1.29, 1.82) is 0 Å². The van der Waals surface area contributed by atoms with Gasteiger partial charge in [0.05, 0.1) is 11.1 Å². The summed E-state index contributed by atoms with van der Waals surface area (Å²) in [5, 5.41) is 0. The molecule has 2 rings (SSSR count). The van der Waals surface area contributed by atoms with Crippen LogP contribution >= 0.6 is 0 Å². The highest BCUT2D eigenvalue weighted by atomic mass is 16.2. The van der Waals surface area contributed by atoms with E-state index in [1.807, 2.05) is 13.8 Å². The van der Waals surface area contributed by atoms with Crippen molar-refractivity contribution in [1.82, 2.24) is 4.90 Å². The molecule has 0 fully saturated rings. The van der Waals surface area contributed by atoms with E-state index in [1.54, 1.807) is 24.3 Å². The Balaban J connectivity index is 2.18. The van der Waals surface area contributed by atoms with Crippen LogP contribution in [0.1, 0.15) is 41.0 Å². The van der Waals surface area contributed by atoms with E-state index in [0.717, 1.165) is 0 Å². The van der Waals surface area contributed by atoms with Crippen molar-refractivity contribution < 1.29 is 9.59 Å². The van der Waals surface area contributed by atoms with Crippen molar-refractivity contribution in [3.05, 3.63) is 35.4 Å². The average molecular weight is 241 g/mol. The molecule has 0 spiro atoms. The average Bonchev–Trinajstić information content (AvgIpc) is 2.61. The summed E-state index contributed by atoms with van der Waals surface area (Å²) in [6.45, 7) is 4.21. The summed E-state index contributed by atoms with van der Waals surface area (Å²) in [6.07, 6.45) is 6.01. The number of fused-ring (bicyclic) bond motifs is 1. The third-order valence-electron chi connectivity index (χ3n) is 3.23. The van der Waals surface area contributed by atoms with Gasteiger partial charge in [-0.15, -0.1) is 12.3 Å². The largest absolute Gasteiger partial charge is 0.274 e. The number of amides is 2. The highest BCUT2D eigenvalue weighted by Crippen LogP contribution is 2.25. The maximum absolute atomic E-state index is 12.1. The van der Waals surface area contributed by atoms with Crippen LogP contribution in [-0.4, -0.2) is 23.3 Å². The van der Waals surface area contributed by atoms with E-state index in [2.05, 4.69) is 5.92 Å². The molecule has 1 aromatic carbocycles. The third-order valence-corrected chi connectivity index (χ3v) is 3.23. The van der Waals surface area contributed by atoms with Crippen LogP contribution in [0.4, 0.5) is 0 Å². The Bertz CT molecular complexity index is 517. The minimum atomic E-state index is -0.310. The number of hydrogen-bond acceptors (Lipinski definition) is 2. The van der Waals surface area contributed by atoms with Gasteiger partial charge in [0.15, 0.2) is 0 Å². The van der Waals surface area contributed by atoms with Crippen molar-refractivity contribution in [2.24, 2.45) is 5.41 Å². The van der Waals surface area contributed by atoms with Crippen LogP contribution < -0.4 is 0 Å². The molecule has 0 aromatic heterocycles. The molecule has 3 nitrogen and oxygen atoms in total. The SMILES string of the molecule is C#CC(C)(C)CCN1C(=O)c2ccccc2C1=O. The zero-order valence-electron chi connectivity index (χ0n) is 10.6. The van der Waals surface area contributed by atoms with Gasteiger partial charge in [0.25, 0.3) is 11.8 Å². The second kappa shape index (κ2) is 4.30. The molecule has 0 unspecified atom stereocenters. The minimum Gasteiger partial charge on any atom is -0.274 e. The van der Waals surface area contributed by atoms with Crippen LogP contribution in [0, 0.1) is 17.8 Å². The van der Waals surface area contributed by atoms with Crippen LogP contribution in [0.5, 0.6) is 0 Å². The van der Waals surface area contributed by atoms with E-state index >= 15 is 0 Å². The van der Waals surface area contributed by atoms with Crippen LogP contribution in [0.3, 0.4) is 0 Å². The molecule has 92 valence electrons. The molecule has 18 heavy (non-hydrogen) atoms. The smallest absolute Gasteiger partial charge is 0.261 e. The van der Waals surface area contributed by atoms with Gasteiger partial charge >= 0.3 is 0 Å². The molecule has 0 N–H and O–H groups in total. The molecule has 0 bridgehead atoms. The van der Waals surface area contributed by atoms with Crippen molar-refractivity contribution in [3.8, 4) is 12.3 Å². The van der Waals surface area contributed by atoms with E-state index in [-0.39, 0.29) is 17.2 Å². The lowest BCUT2D eigenvalue weighted by molar-refractivity contribution is 0.0643. The van der Waals surface area contributed by atoms with E-state index in [9.17, 15) is 9.59 Å². The summed E-state index contributed by atoms with van der Waals surface area (Å²) in [5.74, 6) is 2.23. The first-order chi connectivity index (χ1) is 8.46. The minimum absolute atomic E-state index is 0.219. The maximum Gasteiger partial charge on any atom is 0.261 e. The van der Waals surface area contributed by atoms with Gasteiger partial charge in [-0.25, -0.2) is 0 Å². The van der Waals surface area contributed by atoms with Crippen molar-refractivity contribution in [3.63, 3.8) is 0 Å². The fraction of sp³-hybridized carbons (Fsp3) is 0.333. The van der Waals surface area contributed by atoms with Crippen LogP contribution in [0.15, 0.2) is 24.3 Å². The highest BCUT2D eigenvalue weighted by molar-refractivity contribution is 6.21. The van der Waals surface area contributed by atoms with Gasteiger partial charge in [-0.1, -0.05) is 12.1 Å². The standard InChI is InChI=1S/C15H15NO2/c1-4-15(2,3)9-10-16-13(17)11-7-5-6-8-12(11)14(16)18/h1,5-8H,9-10H2,2-3H3. The van der Waals surface area contributed by atoms with E-state index in [0.29, 0.717) is 24.1 Å². The fourth-order valence-corrected chi connectivity index (χ4v) is 1.91.